The number of benzene rings is 1. The molecule has 0 unspecified atom stereocenters. The van der Waals surface area contributed by atoms with Crippen LogP contribution in [0.2, 0.25) is 0 Å². The topological polar surface area (TPSA) is 123 Å². The van der Waals surface area contributed by atoms with Crippen molar-refractivity contribution in [1.29, 1.82) is 0 Å². The van der Waals surface area contributed by atoms with Gasteiger partial charge in [0.2, 0.25) is 0 Å². The van der Waals surface area contributed by atoms with Crippen LogP contribution in [-0.4, -0.2) is 35.0 Å². The minimum Gasteiger partial charge on any atom is -0.465 e. The molecular formula is C19H16N4O5. The number of methoxy groups -OCH3 is 1. The van der Waals surface area contributed by atoms with E-state index in [1.807, 2.05) is 0 Å². The highest BCUT2D eigenvalue weighted by molar-refractivity contribution is 6.09. The van der Waals surface area contributed by atoms with Gasteiger partial charge in [0, 0.05) is 17.8 Å². The van der Waals surface area contributed by atoms with Crippen molar-refractivity contribution in [2.75, 3.05) is 17.7 Å². The minimum atomic E-state index is -0.583. The number of hydrogen-bond acceptors (Lipinski definition) is 7. The highest BCUT2D eigenvalue weighted by atomic mass is 16.5. The van der Waals surface area contributed by atoms with E-state index in [1.165, 1.54) is 31.5 Å². The first-order chi connectivity index (χ1) is 13.5. The fraction of sp³-hybridized carbons (Fsp3) is 0.105. The largest absolute Gasteiger partial charge is 0.465 e. The number of aryl methyl sites for hydroxylation is 1. The fourth-order valence-electron chi connectivity index (χ4n) is 2.38. The summed E-state index contributed by atoms with van der Waals surface area (Å²) in [7, 11) is 1.25. The first kappa shape index (κ1) is 18.8. The molecule has 142 valence electrons. The van der Waals surface area contributed by atoms with Crippen molar-refractivity contribution in [3.8, 4) is 0 Å². The number of esters is 1. The lowest BCUT2D eigenvalue weighted by atomic mass is 10.1. The van der Waals surface area contributed by atoms with Crippen molar-refractivity contribution in [2.24, 2.45) is 0 Å². The number of pyridine rings is 1. The highest BCUT2D eigenvalue weighted by Gasteiger charge is 2.17. The van der Waals surface area contributed by atoms with Crippen LogP contribution in [0.4, 0.5) is 11.5 Å². The second-order valence-corrected chi connectivity index (χ2v) is 5.70. The van der Waals surface area contributed by atoms with Gasteiger partial charge >= 0.3 is 5.97 Å². The maximum atomic E-state index is 12.5. The highest BCUT2D eigenvalue weighted by Crippen LogP contribution is 2.17. The molecule has 0 spiro atoms. The molecule has 2 N–H and O–H groups in total. The van der Waals surface area contributed by atoms with E-state index in [-0.39, 0.29) is 28.3 Å². The van der Waals surface area contributed by atoms with Gasteiger partial charge in [-0.05, 0) is 31.2 Å². The van der Waals surface area contributed by atoms with Gasteiger partial charge in [0.1, 0.15) is 11.5 Å². The normalized spacial score (nSPS) is 10.2. The number of nitrogens with zero attached hydrogens (tertiary/aromatic N) is 2. The zero-order valence-corrected chi connectivity index (χ0v) is 15.1. The number of nitrogens with one attached hydrogen (secondary N) is 2. The van der Waals surface area contributed by atoms with E-state index in [1.54, 1.807) is 31.2 Å². The summed E-state index contributed by atoms with van der Waals surface area (Å²) in [5.74, 6) is -0.824. The van der Waals surface area contributed by atoms with Crippen LogP contribution in [0.5, 0.6) is 0 Å². The standard InChI is InChI=1S/C19H16N4O5/c1-11-9-16(23-28-11)22-17(24)12-7-8-20-15(10-12)18(25)21-14-6-4-3-5-13(14)19(26)27-2/h3-10H,1-2H3,(H,21,25)(H,22,23,24). The Bertz CT molecular complexity index is 1040. The van der Waals surface area contributed by atoms with E-state index in [0.717, 1.165) is 0 Å². The summed E-state index contributed by atoms with van der Waals surface area (Å²) in [5.41, 5.74) is 0.688. The molecule has 0 aliphatic carbocycles. The fourth-order valence-corrected chi connectivity index (χ4v) is 2.38. The molecule has 2 aromatic heterocycles. The molecule has 0 aliphatic heterocycles. The van der Waals surface area contributed by atoms with Crippen LogP contribution in [0.15, 0.2) is 53.2 Å². The molecule has 0 fully saturated rings. The third kappa shape index (κ3) is 4.21. The average Bonchev–Trinajstić information content (AvgIpc) is 3.12. The predicted octanol–water partition coefficient (Wildman–Crippen LogP) is 2.67. The maximum absolute atomic E-state index is 12.5. The molecule has 0 saturated carbocycles. The molecule has 0 radical (unpaired) electrons. The molecule has 3 rings (SSSR count). The third-order valence-electron chi connectivity index (χ3n) is 3.70. The molecule has 2 heterocycles. The summed E-state index contributed by atoms with van der Waals surface area (Å²) in [6, 6.07) is 10.8. The smallest absolute Gasteiger partial charge is 0.339 e. The number of carbonyl (C=O) groups excluding carboxylic acids is 3. The van der Waals surface area contributed by atoms with Crippen LogP contribution in [0, 0.1) is 6.92 Å². The van der Waals surface area contributed by atoms with Crippen LogP contribution < -0.4 is 10.6 Å². The molecule has 1 aromatic carbocycles. The lowest BCUT2D eigenvalue weighted by molar-refractivity contribution is 0.0601. The van der Waals surface area contributed by atoms with Crippen LogP contribution in [0.25, 0.3) is 0 Å². The molecule has 9 heteroatoms. The quantitative estimate of drug-likeness (QED) is 0.652. The molecule has 3 aromatic rings. The predicted molar refractivity (Wildman–Crippen MR) is 99.2 cm³/mol. The molecule has 9 nitrogen and oxygen atoms in total. The summed E-state index contributed by atoms with van der Waals surface area (Å²) < 4.78 is 9.59. The van der Waals surface area contributed by atoms with Gasteiger partial charge in [-0.15, -0.1) is 0 Å². The van der Waals surface area contributed by atoms with Crippen molar-refractivity contribution in [3.63, 3.8) is 0 Å². The Morgan fingerprint density at radius 2 is 1.82 bits per heavy atom. The molecule has 0 saturated heterocycles. The van der Waals surface area contributed by atoms with Gasteiger partial charge in [0.15, 0.2) is 5.82 Å². The first-order valence-electron chi connectivity index (χ1n) is 8.17. The second kappa shape index (κ2) is 8.12. The van der Waals surface area contributed by atoms with Crippen LogP contribution >= 0.6 is 0 Å². The Kier molecular flexibility index (Phi) is 5.45. The van der Waals surface area contributed by atoms with E-state index < -0.39 is 17.8 Å². The maximum Gasteiger partial charge on any atom is 0.339 e. The molecule has 0 bridgehead atoms. The SMILES string of the molecule is COC(=O)c1ccccc1NC(=O)c1cc(C(=O)Nc2cc(C)on2)ccn1. The number of para-hydroxylation sites is 1. The summed E-state index contributed by atoms with van der Waals surface area (Å²) in [5, 5.41) is 8.85. The lowest BCUT2D eigenvalue weighted by Crippen LogP contribution is -2.18. The number of aromatic nitrogens is 2. The minimum absolute atomic E-state index is 0.00338. The summed E-state index contributed by atoms with van der Waals surface area (Å²) >= 11 is 0. The Hall–Kier alpha value is -4.01. The lowest BCUT2D eigenvalue weighted by Gasteiger charge is -2.09. The molecular weight excluding hydrogens is 364 g/mol. The van der Waals surface area contributed by atoms with Crippen molar-refractivity contribution in [2.45, 2.75) is 6.92 Å². The van der Waals surface area contributed by atoms with E-state index >= 15 is 0 Å². The van der Waals surface area contributed by atoms with Crippen LogP contribution in [-0.2, 0) is 4.74 Å². The van der Waals surface area contributed by atoms with Gasteiger partial charge in [-0.25, -0.2) is 4.79 Å². The van der Waals surface area contributed by atoms with Crippen LogP contribution in [0.3, 0.4) is 0 Å². The second-order valence-electron chi connectivity index (χ2n) is 5.70. The number of amides is 2. The van der Waals surface area contributed by atoms with Gasteiger partial charge < -0.3 is 19.9 Å². The number of ether oxygens (including phenoxy) is 1. The average molecular weight is 380 g/mol. The van der Waals surface area contributed by atoms with Gasteiger partial charge in [-0.2, -0.15) is 0 Å². The van der Waals surface area contributed by atoms with Crippen molar-refractivity contribution in [1.82, 2.24) is 10.1 Å². The Morgan fingerprint density at radius 1 is 1.04 bits per heavy atom. The van der Waals surface area contributed by atoms with Gasteiger partial charge in [0.05, 0.1) is 18.4 Å². The Morgan fingerprint density at radius 3 is 2.54 bits per heavy atom. The number of anilines is 2. The van der Waals surface area contributed by atoms with Gasteiger partial charge in [-0.3, -0.25) is 14.6 Å². The van der Waals surface area contributed by atoms with Crippen molar-refractivity contribution in [3.05, 3.63) is 71.2 Å². The Labute approximate surface area is 159 Å². The molecule has 28 heavy (non-hydrogen) atoms. The number of carbonyl (C=O) groups is 3. The van der Waals surface area contributed by atoms with E-state index in [2.05, 4.69) is 20.8 Å². The van der Waals surface area contributed by atoms with Crippen molar-refractivity contribution >= 4 is 29.3 Å². The van der Waals surface area contributed by atoms with Gasteiger partial charge in [0.25, 0.3) is 11.8 Å². The van der Waals surface area contributed by atoms with Crippen LogP contribution in [0.1, 0.15) is 37.0 Å². The molecule has 2 amide bonds. The van der Waals surface area contributed by atoms with E-state index in [4.69, 9.17) is 9.26 Å². The number of rotatable bonds is 5. The summed E-state index contributed by atoms with van der Waals surface area (Å²) in [4.78, 5) is 40.7. The third-order valence-corrected chi connectivity index (χ3v) is 3.70. The zero-order valence-electron chi connectivity index (χ0n) is 15.1. The zero-order chi connectivity index (χ0) is 20.1. The Balaban J connectivity index is 1.78. The number of hydrogen-bond donors (Lipinski definition) is 2. The summed E-state index contributed by atoms with van der Waals surface area (Å²) in [6.45, 7) is 1.70. The molecule has 0 atom stereocenters. The molecule has 0 aliphatic rings. The van der Waals surface area contributed by atoms with Gasteiger partial charge in [-0.1, -0.05) is 17.3 Å². The van der Waals surface area contributed by atoms with Crippen molar-refractivity contribution < 1.29 is 23.6 Å². The van der Waals surface area contributed by atoms with E-state index in [9.17, 15) is 14.4 Å². The van der Waals surface area contributed by atoms with E-state index in [0.29, 0.717) is 5.76 Å². The summed E-state index contributed by atoms with van der Waals surface area (Å²) in [6.07, 6.45) is 1.34. The monoisotopic (exact) mass is 380 g/mol. The first-order valence-corrected chi connectivity index (χ1v) is 8.17.